The van der Waals surface area contributed by atoms with Crippen LogP contribution >= 0.6 is 0 Å². The maximum atomic E-state index is 12.7. The van der Waals surface area contributed by atoms with Gasteiger partial charge in [-0.05, 0) is 25.0 Å². The van der Waals surface area contributed by atoms with Gasteiger partial charge in [0.1, 0.15) is 5.82 Å². The Balaban J connectivity index is 1.64. The lowest BCUT2D eigenvalue weighted by atomic mass is 10.3. The molecule has 0 spiro atoms. The lowest BCUT2D eigenvalue weighted by Gasteiger charge is -2.07. The smallest absolute Gasteiger partial charge is 0.350 e. The van der Waals surface area contributed by atoms with Gasteiger partial charge < -0.3 is 9.47 Å². The molecule has 6 heteroatoms. The Morgan fingerprint density at radius 1 is 1.14 bits per heavy atom. The molecular weight excluding hydrogens is 282 g/mol. The molecule has 0 N–H and O–H groups in total. The second-order valence-electron chi connectivity index (χ2n) is 5.77. The average Bonchev–Trinajstić information content (AvgIpc) is 3.16. The van der Waals surface area contributed by atoms with Gasteiger partial charge in [0.2, 0.25) is 0 Å². The fourth-order valence-corrected chi connectivity index (χ4v) is 2.80. The third kappa shape index (κ3) is 2.60. The van der Waals surface area contributed by atoms with Gasteiger partial charge in [-0.3, -0.25) is 0 Å². The molecule has 1 saturated carbocycles. The molecule has 2 aliphatic rings. The minimum absolute atomic E-state index is 0.0777. The number of aryl methyl sites for hydroxylation is 1. The standard InChI is InChI=1S/C16H19N3O3/c20-16-18(9-8-14-21-10-11-22-14)17-15(12-6-7-12)19(16)13-4-2-1-3-5-13/h1-5,12,14H,6-11H2. The molecule has 2 aromatic rings. The van der Waals surface area contributed by atoms with Crippen LogP contribution in [-0.2, 0) is 16.0 Å². The second-order valence-corrected chi connectivity index (χ2v) is 5.77. The largest absolute Gasteiger partial charge is 0.350 e. The first-order valence-electron chi connectivity index (χ1n) is 7.81. The molecule has 2 fully saturated rings. The zero-order valence-electron chi connectivity index (χ0n) is 12.4. The summed E-state index contributed by atoms with van der Waals surface area (Å²) in [7, 11) is 0. The van der Waals surface area contributed by atoms with Gasteiger partial charge in [-0.15, -0.1) is 0 Å². The summed E-state index contributed by atoms with van der Waals surface area (Å²) in [5.41, 5.74) is 0.806. The van der Waals surface area contributed by atoms with Crippen LogP contribution in [0.15, 0.2) is 35.1 Å². The third-order valence-corrected chi connectivity index (χ3v) is 4.09. The van der Waals surface area contributed by atoms with Crippen molar-refractivity contribution >= 4 is 0 Å². The van der Waals surface area contributed by atoms with E-state index >= 15 is 0 Å². The maximum Gasteiger partial charge on any atom is 0.350 e. The highest BCUT2D eigenvalue weighted by Crippen LogP contribution is 2.39. The molecule has 1 aromatic carbocycles. The van der Waals surface area contributed by atoms with Gasteiger partial charge in [0.05, 0.1) is 25.4 Å². The topological polar surface area (TPSA) is 58.3 Å². The van der Waals surface area contributed by atoms with E-state index in [1.807, 2.05) is 30.3 Å². The first kappa shape index (κ1) is 13.7. The summed E-state index contributed by atoms with van der Waals surface area (Å²) in [6.07, 6.45) is 2.66. The molecule has 6 nitrogen and oxygen atoms in total. The Morgan fingerprint density at radius 2 is 1.86 bits per heavy atom. The van der Waals surface area contributed by atoms with E-state index in [0.29, 0.717) is 32.1 Å². The molecule has 1 saturated heterocycles. The summed E-state index contributed by atoms with van der Waals surface area (Å²) in [5.74, 6) is 1.29. The van der Waals surface area contributed by atoms with Gasteiger partial charge >= 0.3 is 5.69 Å². The predicted octanol–water partition coefficient (Wildman–Crippen LogP) is 1.67. The zero-order chi connectivity index (χ0) is 14.9. The van der Waals surface area contributed by atoms with Crippen LogP contribution < -0.4 is 5.69 Å². The molecule has 22 heavy (non-hydrogen) atoms. The second kappa shape index (κ2) is 5.70. The number of aromatic nitrogens is 3. The van der Waals surface area contributed by atoms with Gasteiger partial charge in [-0.2, -0.15) is 5.10 Å². The fraction of sp³-hybridized carbons (Fsp3) is 0.500. The van der Waals surface area contributed by atoms with Crippen molar-refractivity contribution in [3.05, 3.63) is 46.6 Å². The van der Waals surface area contributed by atoms with Gasteiger partial charge in [0, 0.05) is 12.3 Å². The van der Waals surface area contributed by atoms with E-state index in [2.05, 4.69) is 5.10 Å². The van der Waals surface area contributed by atoms with E-state index in [0.717, 1.165) is 24.4 Å². The van der Waals surface area contributed by atoms with Crippen molar-refractivity contribution in [2.24, 2.45) is 0 Å². The normalized spacial score (nSPS) is 18.9. The van der Waals surface area contributed by atoms with E-state index in [9.17, 15) is 4.79 Å². The highest BCUT2D eigenvalue weighted by molar-refractivity contribution is 5.33. The van der Waals surface area contributed by atoms with Gasteiger partial charge in [-0.1, -0.05) is 18.2 Å². The van der Waals surface area contributed by atoms with Crippen LogP contribution in [0.3, 0.4) is 0 Å². The molecule has 0 bridgehead atoms. The van der Waals surface area contributed by atoms with E-state index in [-0.39, 0.29) is 12.0 Å². The van der Waals surface area contributed by atoms with Crippen molar-refractivity contribution in [1.29, 1.82) is 0 Å². The molecule has 2 heterocycles. The van der Waals surface area contributed by atoms with Crippen LogP contribution in [0.5, 0.6) is 0 Å². The Hall–Kier alpha value is -1.92. The van der Waals surface area contributed by atoms with Crippen LogP contribution in [0.25, 0.3) is 5.69 Å². The molecule has 0 radical (unpaired) electrons. The molecule has 1 aromatic heterocycles. The highest BCUT2D eigenvalue weighted by Gasteiger charge is 2.31. The molecule has 0 unspecified atom stereocenters. The maximum absolute atomic E-state index is 12.7. The number of benzene rings is 1. The molecule has 1 aliphatic carbocycles. The Labute approximate surface area is 128 Å². The first-order chi connectivity index (χ1) is 10.8. The quantitative estimate of drug-likeness (QED) is 0.843. The lowest BCUT2D eigenvalue weighted by molar-refractivity contribution is -0.0497. The van der Waals surface area contributed by atoms with Crippen molar-refractivity contribution in [1.82, 2.24) is 14.3 Å². The van der Waals surface area contributed by atoms with Crippen molar-refractivity contribution < 1.29 is 9.47 Å². The summed E-state index contributed by atoms with van der Waals surface area (Å²) < 4.78 is 14.1. The molecule has 0 amide bonds. The molecule has 0 atom stereocenters. The zero-order valence-corrected chi connectivity index (χ0v) is 12.4. The van der Waals surface area contributed by atoms with Gasteiger partial charge in [-0.25, -0.2) is 14.0 Å². The average molecular weight is 301 g/mol. The molecule has 116 valence electrons. The van der Waals surface area contributed by atoms with Gasteiger partial charge in [0.25, 0.3) is 0 Å². The van der Waals surface area contributed by atoms with Crippen molar-refractivity contribution in [3.8, 4) is 5.69 Å². The van der Waals surface area contributed by atoms with Crippen LogP contribution in [0.4, 0.5) is 0 Å². The van der Waals surface area contributed by atoms with Crippen LogP contribution in [0.1, 0.15) is 31.0 Å². The number of para-hydroxylation sites is 1. The molecule has 4 rings (SSSR count). The van der Waals surface area contributed by atoms with Crippen LogP contribution in [-0.4, -0.2) is 33.9 Å². The van der Waals surface area contributed by atoms with Crippen molar-refractivity contribution in [3.63, 3.8) is 0 Å². The summed E-state index contributed by atoms with van der Waals surface area (Å²) in [6, 6.07) is 9.72. The number of ether oxygens (including phenoxy) is 2. The minimum atomic E-state index is -0.210. The van der Waals surface area contributed by atoms with Crippen LogP contribution in [0, 0.1) is 0 Å². The van der Waals surface area contributed by atoms with Crippen LogP contribution in [0.2, 0.25) is 0 Å². The van der Waals surface area contributed by atoms with Crippen molar-refractivity contribution in [2.75, 3.05) is 13.2 Å². The molecular formula is C16H19N3O3. The first-order valence-corrected chi connectivity index (χ1v) is 7.81. The Bertz CT molecular complexity index is 697. The predicted molar refractivity (Wildman–Crippen MR) is 80.1 cm³/mol. The van der Waals surface area contributed by atoms with Crippen molar-refractivity contribution in [2.45, 2.75) is 38.0 Å². The summed E-state index contributed by atoms with van der Waals surface area (Å²) >= 11 is 0. The van der Waals surface area contributed by atoms with E-state index in [4.69, 9.17) is 9.47 Å². The minimum Gasteiger partial charge on any atom is -0.350 e. The van der Waals surface area contributed by atoms with E-state index in [1.165, 1.54) is 0 Å². The number of nitrogens with zero attached hydrogens (tertiary/aromatic N) is 3. The number of hydrogen-bond donors (Lipinski definition) is 0. The highest BCUT2D eigenvalue weighted by atomic mass is 16.7. The fourth-order valence-electron chi connectivity index (χ4n) is 2.80. The summed E-state index contributed by atoms with van der Waals surface area (Å²) in [4.78, 5) is 12.7. The SMILES string of the molecule is O=c1n(CCC2OCCO2)nc(C2CC2)n1-c1ccccc1. The number of rotatable bonds is 5. The molecule has 1 aliphatic heterocycles. The Morgan fingerprint density at radius 3 is 2.55 bits per heavy atom. The van der Waals surface area contributed by atoms with Gasteiger partial charge in [0.15, 0.2) is 6.29 Å². The summed E-state index contributed by atoms with van der Waals surface area (Å²) in [5, 5.41) is 4.57. The number of hydrogen-bond acceptors (Lipinski definition) is 4. The van der Waals surface area contributed by atoms with E-state index in [1.54, 1.807) is 9.25 Å². The lowest BCUT2D eigenvalue weighted by Crippen LogP contribution is -2.26. The van der Waals surface area contributed by atoms with E-state index < -0.39 is 0 Å². The monoisotopic (exact) mass is 301 g/mol. The third-order valence-electron chi connectivity index (χ3n) is 4.09. The summed E-state index contributed by atoms with van der Waals surface area (Å²) in [6.45, 7) is 1.78. The Kier molecular flexibility index (Phi) is 3.56.